The maximum absolute atomic E-state index is 11.8. The summed E-state index contributed by atoms with van der Waals surface area (Å²) in [7, 11) is 0. The Bertz CT molecular complexity index is 485. The molecule has 0 aliphatic heterocycles. The first-order valence-corrected chi connectivity index (χ1v) is 8.54. The Balaban J connectivity index is 1.69. The highest BCUT2D eigenvalue weighted by atomic mass is 16.6. The zero-order chi connectivity index (χ0) is 16.7. The highest BCUT2D eigenvalue weighted by Gasteiger charge is 2.27. The second-order valence-corrected chi connectivity index (χ2v) is 7.21. The Morgan fingerprint density at radius 2 is 2.17 bits per heavy atom. The number of alkyl carbamates (subject to hydrolysis) is 1. The Hall–Kier alpha value is -1.62. The van der Waals surface area contributed by atoms with Crippen LogP contribution in [0, 0.1) is 5.92 Å². The van der Waals surface area contributed by atoms with Crippen molar-refractivity contribution in [3.8, 4) is 0 Å². The summed E-state index contributed by atoms with van der Waals surface area (Å²) < 4.78 is 5.29. The molecule has 128 valence electrons. The second kappa shape index (κ2) is 8.29. The minimum atomic E-state index is -0.444. The summed E-state index contributed by atoms with van der Waals surface area (Å²) in [5, 5.41) is 6.53. The quantitative estimate of drug-likeness (QED) is 0.846. The van der Waals surface area contributed by atoms with E-state index in [1.807, 2.05) is 39.1 Å². The molecule has 2 N–H and O–H groups in total. The average molecular weight is 319 g/mol. The van der Waals surface area contributed by atoms with Crippen molar-refractivity contribution in [2.24, 2.45) is 5.92 Å². The number of carbonyl (C=O) groups is 1. The fourth-order valence-electron chi connectivity index (χ4n) is 3.01. The highest BCUT2D eigenvalue weighted by Crippen LogP contribution is 2.25. The van der Waals surface area contributed by atoms with Crippen LogP contribution in [-0.4, -0.2) is 35.8 Å². The van der Waals surface area contributed by atoms with E-state index in [0.717, 1.165) is 25.1 Å². The molecule has 2 rings (SSSR count). The van der Waals surface area contributed by atoms with Crippen molar-refractivity contribution >= 4 is 6.09 Å². The van der Waals surface area contributed by atoms with Gasteiger partial charge in [0, 0.05) is 37.4 Å². The van der Waals surface area contributed by atoms with Crippen LogP contribution in [0.2, 0.25) is 0 Å². The van der Waals surface area contributed by atoms with Gasteiger partial charge in [0.15, 0.2) is 0 Å². The van der Waals surface area contributed by atoms with Crippen LogP contribution < -0.4 is 10.6 Å². The van der Waals surface area contributed by atoms with Crippen LogP contribution in [0.5, 0.6) is 0 Å². The van der Waals surface area contributed by atoms with Crippen LogP contribution in [0.3, 0.4) is 0 Å². The second-order valence-electron chi connectivity index (χ2n) is 7.21. The van der Waals surface area contributed by atoms with Crippen molar-refractivity contribution in [2.75, 3.05) is 13.1 Å². The van der Waals surface area contributed by atoms with Crippen LogP contribution in [0.15, 0.2) is 24.4 Å². The smallest absolute Gasteiger partial charge is 0.407 e. The van der Waals surface area contributed by atoms with Gasteiger partial charge in [0.05, 0.1) is 0 Å². The predicted molar refractivity (Wildman–Crippen MR) is 91.3 cm³/mol. The Morgan fingerprint density at radius 3 is 2.87 bits per heavy atom. The lowest BCUT2D eigenvalue weighted by molar-refractivity contribution is 0.0517. The molecule has 1 saturated carbocycles. The molecule has 0 spiro atoms. The summed E-state index contributed by atoms with van der Waals surface area (Å²) in [5.74, 6) is 0.478. The van der Waals surface area contributed by atoms with Crippen molar-refractivity contribution in [2.45, 2.75) is 58.1 Å². The summed E-state index contributed by atoms with van der Waals surface area (Å²) in [4.78, 5) is 16.1. The molecule has 1 heterocycles. The van der Waals surface area contributed by atoms with Crippen LogP contribution in [0.25, 0.3) is 0 Å². The summed E-state index contributed by atoms with van der Waals surface area (Å²) in [6, 6.07) is 6.48. The number of nitrogens with one attached hydrogen (secondary N) is 2. The van der Waals surface area contributed by atoms with Gasteiger partial charge in [-0.25, -0.2) is 4.79 Å². The first-order valence-electron chi connectivity index (χ1n) is 8.54. The lowest BCUT2D eigenvalue weighted by Crippen LogP contribution is -2.41. The number of aromatic nitrogens is 1. The Morgan fingerprint density at radius 1 is 1.35 bits per heavy atom. The average Bonchev–Trinajstić information content (AvgIpc) is 2.92. The fourth-order valence-corrected chi connectivity index (χ4v) is 3.01. The number of hydrogen-bond acceptors (Lipinski definition) is 4. The molecule has 1 aromatic rings. The molecule has 0 saturated heterocycles. The van der Waals surface area contributed by atoms with E-state index in [-0.39, 0.29) is 6.09 Å². The van der Waals surface area contributed by atoms with Crippen molar-refractivity contribution in [3.63, 3.8) is 0 Å². The lowest BCUT2D eigenvalue weighted by Gasteiger charge is -2.23. The molecule has 0 bridgehead atoms. The van der Waals surface area contributed by atoms with Crippen molar-refractivity contribution in [1.29, 1.82) is 0 Å². The standard InChI is InChI=1S/C18H29N3O2/c1-18(2,3)23-17(22)21-13-14-7-6-9-16(14)20-12-10-15-8-4-5-11-19-15/h4-5,8,11,14,16,20H,6-7,9-10,12-13H2,1-3H3,(H,21,22). The maximum atomic E-state index is 11.8. The molecule has 0 radical (unpaired) electrons. The van der Waals surface area contributed by atoms with Crippen LogP contribution >= 0.6 is 0 Å². The van der Waals surface area contributed by atoms with Gasteiger partial charge in [0.25, 0.3) is 0 Å². The van der Waals surface area contributed by atoms with Gasteiger partial charge in [-0.3, -0.25) is 4.98 Å². The van der Waals surface area contributed by atoms with Gasteiger partial charge < -0.3 is 15.4 Å². The van der Waals surface area contributed by atoms with E-state index in [0.29, 0.717) is 18.5 Å². The SMILES string of the molecule is CC(C)(C)OC(=O)NCC1CCCC1NCCc1ccccn1. The Labute approximate surface area is 139 Å². The molecule has 5 nitrogen and oxygen atoms in total. The molecule has 1 fully saturated rings. The number of amides is 1. The third-order valence-electron chi connectivity index (χ3n) is 4.08. The molecule has 2 atom stereocenters. The topological polar surface area (TPSA) is 63.2 Å². The van der Waals surface area contributed by atoms with Gasteiger partial charge in [-0.15, -0.1) is 0 Å². The number of nitrogens with zero attached hydrogens (tertiary/aromatic N) is 1. The first kappa shape index (κ1) is 17.7. The van der Waals surface area contributed by atoms with E-state index in [4.69, 9.17) is 4.74 Å². The van der Waals surface area contributed by atoms with Crippen LogP contribution in [-0.2, 0) is 11.2 Å². The van der Waals surface area contributed by atoms with E-state index in [1.54, 1.807) is 0 Å². The fraction of sp³-hybridized carbons (Fsp3) is 0.667. The number of ether oxygens (including phenoxy) is 1. The van der Waals surface area contributed by atoms with Crippen molar-refractivity contribution < 1.29 is 9.53 Å². The van der Waals surface area contributed by atoms with Crippen LogP contribution in [0.4, 0.5) is 4.79 Å². The van der Waals surface area contributed by atoms with E-state index in [9.17, 15) is 4.79 Å². The molecule has 5 heteroatoms. The van der Waals surface area contributed by atoms with Gasteiger partial charge >= 0.3 is 6.09 Å². The largest absolute Gasteiger partial charge is 0.444 e. The Kier molecular flexibility index (Phi) is 6.39. The van der Waals surface area contributed by atoms with E-state index >= 15 is 0 Å². The molecule has 1 aromatic heterocycles. The van der Waals surface area contributed by atoms with E-state index < -0.39 is 5.60 Å². The first-order chi connectivity index (χ1) is 10.9. The third kappa shape index (κ3) is 6.57. The maximum Gasteiger partial charge on any atom is 0.407 e. The van der Waals surface area contributed by atoms with E-state index in [2.05, 4.69) is 21.7 Å². The lowest BCUT2D eigenvalue weighted by atomic mass is 10.0. The number of pyridine rings is 1. The van der Waals surface area contributed by atoms with Crippen LogP contribution in [0.1, 0.15) is 45.7 Å². The van der Waals surface area contributed by atoms with Gasteiger partial charge in [-0.2, -0.15) is 0 Å². The zero-order valence-electron chi connectivity index (χ0n) is 14.5. The molecule has 1 aliphatic carbocycles. The number of carbonyl (C=O) groups excluding carboxylic acids is 1. The van der Waals surface area contributed by atoms with Crippen molar-refractivity contribution in [1.82, 2.24) is 15.6 Å². The third-order valence-corrected chi connectivity index (χ3v) is 4.08. The van der Waals surface area contributed by atoms with Gasteiger partial charge in [0.2, 0.25) is 0 Å². The predicted octanol–water partition coefficient (Wildman–Crippen LogP) is 2.91. The molecular formula is C18H29N3O2. The normalized spacial score (nSPS) is 21.2. The number of hydrogen-bond donors (Lipinski definition) is 2. The van der Waals surface area contributed by atoms with E-state index in [1.165, 1.54) is 12.8 Å². The summed E-state index contributed by atoms with van der Waals surface area (Å²) in [6.45, 7) is 7.24. The summed E-state index contributed by atoms with van der Waals surface area (Å²) in [5.41, 5.74) is 0.668. The summed E-state index contributed by atoms with van der Waals surface area (Å²) >= 11 is 0. The minimum Gasteiger partial charge on any atom is -0.444 e. The molecule has 0 aromatic carbocycles. The molecular weight excluding hydrogens is 290 g/mol. The highest BCUT2D eigenvalue weighted by molar-refractivity contribution is 5.67. The number of rotatable bonds is 6. The summed E-state index contributed by atoms with van der Waals surface area (Å²) in [6.07, 6.45) is 5.97. The minimum absolute atomic E-state index is 0.323. The zero-order valence-corrected chi connectivity index (χ0v) is 14.5. The molecule has 2 unspecified atom stereocenters. The molecule has 23 heavy (non-hydrogen) atoms. The monoisotopic (exact) mass is 319 g/mol. The van der Waals surface area contributed by atoms with Crippen molar-refractivity contribution in [3.05, 3.63) is 30.1 Å². The molecule has 1 amide bonds. The van der Waals surface area contributed by atoms with Gasteiger partial charge in [-0.1, -0.05) is 12.5 Å². The molecule has 1 aliphatic rings. The van der Waals surface area contributed by atoms with Gasteiger partial charge in [-0.05, 0) is 51.7 Å². The van der Waals surface area contributed by atoms with Gasteiger partial charge in [0.1, 0.15) is 5.60 Å².